The van der Waals surface area contributed by atoms with Gasteiger partial charge in [-0.05, 0) is 55.2 Å². The van der Waals surface area contributed by atoms with Gasteiger partial charge in [0.05, 0.1) is 12.0 Å². The molecule has 1 aliphatic rings. The van der Waals surface area contributed by atoms with Crippen LogP contribution in [0.4, 0.5) is 16.3 Å². The number of para-hydroxylation sites is 1. The van der Waals surface area contributed by atoms with Crippen LogP contribution in [0.2, 0.25) is 0 Å². The van der Waals surface area contributed by atoms with Crippen LogP contribution in [0, 0.1) is 12.8 Å². The number of nitrogens with two attached hydrogens (primary N) is 1. The maximum atomic E-state index is 13.7. The summed E-state index contributed by atoms with van der Waals surface area (Å²) in [5.41, 5.74) is 9.05. The number of aromatic nitrogens is 1. The molecule has 8 nitrogen and oxygen atoms in total. The van der Waals surface area contributed by atoms with Crippen LogP contribution in [0.3, 0.4) is 0 Å². The van der Waals surface area contributed by atoms with Crippen molar-refractivity contribution in [2.75, 3.05) is 17.7 Å². The molecule has 3 atom stereocenters. The fraction of sp³-hybridized carbons (Fsp3) is 0.286. The van der Waals surface area contributed by atoms with E-state index in [1.807, 2.05) is 80.6 Å². The van der Waals surface area contributed by atoms with Crippen molar-refractivity contribution in [2.24, 2.45) is 5.92 Å². The molecule has 4 amide bonds. The fourth-order valence-electron chi connectivity index (χ4n) is 4.70. The minimum absolute atomic E-state index is 0.282. The Morgan fingerprint density at radius 3 is 2.33 bits per heavy atom. The van der Waals surface area contributed by atoms with Crippen molar-refractivity contribution in [3.05, 3.63) is 89.6 Å². The molecule has 0 radical (unpaired) electrons. The number of nitrogens with zero attached hydrogens (tertiary/aromatic N) is 3. The third-order valence-electron chi connectivity index (χ3n) is 6.56. The van der Waals surface area contributed by atoms with Gasteiger partial charge in [-0.2, -0.15) is 0 Å². The van der Waals surface area contributed by atoms with Crippen LogP contribution in [0.15, 0.2) is 72.8 Å². The first-order chi connectivity index (χ1) is 17.3. The van der Waals surface area contributed by atoms with Crippen LogP contribution >= 0.6 is 0 Å². The van der Waals surface area contributed by atoms with E-state index in [-0.39, 0.29) is 24.3 Å². The summed E-state index contributed by atoms with van der Waals surface area (Å²) in [4.78, 5) is 47.1. The van der Waals surface area contributed by atoms with Gasteiger partial charge in [-0.3, -0.25) is 14.5 Å². The number of anilines is 2. The summed E-state index contributed by atoms with van der Waals surface area (Å²) in [5, 5.41) is 2.95. The lowest BCUT2D eigenvalue weighted by Gasteiger charge is -2.46. The van der Waals surface area contributed by atoms with Gasteiger partial charge >= 0.3 is 6.03 Å². The molecule has 4 rings (SSSR count). The molecule has 3 unspecified atom stereocenters. The topological polar surface area (TPSA) is 109 Å². The van der Waals surface area contributed by atoms with Gasteiger partial charge in [0.15, 0.2) is 0 Å². The second kappa shape index (κ2) is 10.6. The molecule has 3 aromatic rings. The number of urea groups is 1. The van der Waals surface area contributed by atoms with Gasteiger partial charge in [-0.1, -0.05) is 55.5 Å². The molecule has 186 valence electrons. The van der Waals surface area contributed by atoms with E-state index in [9.17, 15) is 14.4 Å². The predicted octanol–water partition coefficient (Wildman–Crippen LogP) is 3.87. The van der Waals surface area contributed by atoms with Crippen LogP contribution in [-0.4, -0.2) is 40.8 Å². The van der Waals surface area contributed by atoms with E-state index in [0.717, 1.165) is 21.7 Å². The highest BCUT2D eigenvalue weighted by Gasteiger charge is 2.55. The Labute approximate surface area is 211 Å². The molecule has 3 N–H and O–H groups in total. The monoisotopic (exact) mass is 485 g/mol. The van der Waals surface area contributed by atoms with E-state index in [0.29, 0.717) is 17.9 Å². The highest BCUT2D eigenvalue weighted by Crippen LogP contribution is 2.33. The summed E-state index contributed by atoms with van der Waals surface area (Å²) in [5.74, 6) is -1.05. The zero-order valence-electron chi connectivity index (χ0n) is 20.7. The van der Waals surface area contributed by atoms with Crippen molar-refractivity contribution in [3.63, 3.8) is 0 Å². The van der Waals surface area contributed by atoms with Crippen molar-refractivity contribution in [2.45, 2.75) is 38.8 Å². The number of nitrogen functional groups attached to an aromatic ring is 1. The Bertz CT molecular complexity index is 1230. The first kappa shape index (κ1) is 24.9. The number of rotatable bonds is 7. The first-order valence-electron chi connectivity index (χ1n) is 12.0. The third-order valence-corrected chi connectivity index (χ3v) is 6.56. The lowest BCUT2D eigenvalue weighted by molar-refractivity contribution is -0.156. The van der Waals surface area contributed by atoms with E-state index < -0.39 is 18.0 Å². The fourth-order valence-corrected chi connectivity index (χ4v) is 4.70. The minimum Gasteiger partial charge on any atom is -0.384 e. The number of likely N-dealkylation sites (N-methyl/N-ethyl adjacent to an activating group) is 1. The van der Waals surface area contributed by atoms with Crippen LogP contribution in [-0.2, 0) is 16.0 Å². The number of carbonyl (C=O) groups excluding carboxylic acids is 3. The average molecular weight is 486 g/mol. The van der Waals surface area contributed by atoms with Gasteiger partial charge in [0, 0.05) is 18.4 Å². The maximum Gasteiger partial charge on any atom is 0.325 e. The van der Waals surface area contributed by atoms with Crippen LogP contribution < -0.4 is 16.0 Å². The highest BCUT2D eigenvalue weighted by molar-refractivity contribution is 6.12. The molecule has 1 aromatic heterocycles. The summed E-state index contributed by atoms with van der Waals surface area (Å²) in [6.07, 6.45) is 0.921. The van der Waals surface area contributed by atoms with Gasteiger partial charge in [0.25, 0.3) is 5.91 Å². The number of imide groups is 1. The van der Waals surface area contributed by atoms with E-state index >= 15 is 0 Å². The molecule has 0 spiro atoms. The number of amides is 4. The lowest BCUT2D eigenvalue weighted by Crippen LogP contribution is -2.70. The number of hydrogen-bond donors (Lipinski definition) is 2. The van der Waals surface area contributed by atoms with E-state index in [2.05, 4.69) is 10.3 Å². The lowest BCUT2D eigenvalue weighted by atomic mass is 9.81. The number of β-lactam (4-membered cyclic amide) rings is 1. The number of aryl methyl sites for hydroxylation is 1. The number of carbonyl (C=O) groups is 3. The highest BCUT2D eigenvalue weighted by atomic mass is 16.2. The molecule has 36 heavy (non-hydrogen) atoms. The summed E-state index contributed by atoms with van der Waals surface area (Å²) in [7, 11) is 1.65. The molecular formula is C28H31N5O3. The van der Waals surface area contributed by atoms with Gasteiger partial charge in [0.2, 0.25) is 5.91 Å². The van der Waals surface area contributed by atoms with E-state index in [1.165, 1.54) is 4.90 Å². The van der Waals surface area contributed by atoms with Crippen molar-refractivity contribution in [1.29, 1.82) is 0 Å². The zero-order chi connectivity index (χ0) is 25.8. The van der Waals surface area contributed by atoms with Crippen molar-refractivity contribution in [3.8, 4) is 0 Å². The van der Waals surface area contributed by atoms with Crippen LogP contribution in [0.5, 0.6) is 0 Å². The van der Waals surface area contributed by atoms with E-state index in [1.54, 1.807) is 13.1 Å². The largest absolute Gasteiger partial charge is 0.384 e. The van der Waals surface area contributed by atoms with Crippen molar-refractivity contribution >= 4 is 29.4 Å². The standard InChI is InChI=1S/C28H31N5O3/c1-4-23(20-11-7-5-8-12-20)31-28(36)33-25(27(35)32(3)21-13-9-6-10-14-21)22(26(33)34)16-19-15-18(2)30-24(29)17-19/h5-15,17,22-23,25H,4,16H2,1-3H3,(H2,29,30)(H,31,36). The number of hydrogen-bond acceptors (Lipinski definition) is 5. The molecule has 2 heterocycles. The molecular weight excluding hydrogens is 454 g/mol. The second-order valence-electron chi connectivity index (χ2n) is 9.06. The molecule has 8 heteroatoms. The van der Waals surface area contributed by atoms with E-state index in [4.69, 9.17) is 5.73 Å². The van der Waals surface area contributed by atoms with Crippen LogP contribution in [0.25, 0.3) is 0 Å². The van der Waals surface area contributed by atoms with Gasteiger partial charge in [-0.15, -0.1) is 0 Å². The molecule has 1 saturated heterocycles. The molecule has 2 aromatic carbocycles. The number of pyridine rings is 1. The summed E-state index contributed by atoms with van der Waals surface area (Å²) in [6, 6.07) is 20.5. The predicted molar refractivity (Wildman–Crippen MR) is 139 cm³/mol. The van der Waals surface area contributed by atoms with Gasteiger partial charge in [0.1, 0.15) is 11.9 Å². The van der Waals surface area contributed by atoms with Crippen LogP contribution in [0.1, 0.15) is 36.2 Å². The Morgan fingerprint density at radius 2 is 1.72 bits per heavy atom. The summed E-state index contributed by atoms with van der Waals surface area (Å²) >= 11 is 0. The van der Waals surface area contributed by atoms with Crippen molar-refractivity contribution in [1.82, 2.24) is 15.2 Å². The second-order valence-corrected chi connectivity index (χ2v) is 9.06. The summed E-state index contributed by atoms with van der Waals surface area (Å²) in [6.45, 7) is 3.78. The minimum atomic E-state index is -0.939. The normalized spacial score (nSPS) is 17.8. The molecule has 0 bridgehead atoms. The number of likely N-dealkylation sites (tertiary alicyclic amines) is 1. The van der Waals surface area contributed by atoms with Gasteiger partial charge in [-0.25, -0.2) is 9.78 Å². The summed E-state index contributed by atoms with van der Waals surface area (Å²) < 4.78 is 0. The Balaban J connectivity index is 1.61. The third kappa shape index (κ3) is 5.07. The first-order valence-corrected chi connectivity index (χ1v) is 12.0. The number of benzene rings is 2. The Morgan fingerprint density at radius 1 is 1.08 bits per heavy atom. The maximum absolute atomic E-state index is 13.7. The quantitative estimate of drug-likeness (QED) is 0.494. The molecule has 0 aliphatic carbocycles. The Kier molecular flexibility index (Phi) is 7.33. The molecule has 0 saturated carbocycles. The van der Waals surface area contributed by atoms with Gasteiger partial charge < -0.3 is 16.0 Å². The SMILES string of the molecule is CCC(NC(=O)N1C(=O)C(Cc2cc(C)nc(N)c2)C1C(=O)N(C)c1ccccc1)c1ccccc1. The number of nitrogens with one attached hydrogen (secondary N) is 1. The van der Waals surface area contributed by atoms with Crippen molar-refractivity contribution < 1.29 is 14.4 Å². The zero-order valence-corrected chi connectivity index (χ0v) is 20.7. The molecule has 1 aliphatic heterocycles. The average Bonchev–Trinajstić information content (AvgIpc) is 2.88. The molecule has 1 fully saturated rings. The Hall–Kier alpha value is -4.20. The smallest absolute Gasteiger partial charge is 0.325 e.